The number of aromatic hydroxyl groups is 1. The van der Waals surface area contributed by atoms with Gasteiger partial charge in [-0.05, 0) is 30.0 Å². The number of benzene rings is 2. The van der Waals surface area contributed by atoms with Crippen molar-refractivity contribution >= 4 is 39.9 Å². The number of fused-ring (bicyclic) bond motifs is 3. The van der Waals surface area contributed by atoms with Crippen molar-refractivity contribution < 1.29 is 53.5 Å². The van der Waals surface area contributed by atoms with Crippen molar-refractivity contribution in [1.82, 2.24) is 0 Å². The van der Waals surface area contributed by atoms with Crippen LogP contribution in [0.1, 0.15) is 36.6 Å². The lowest BCUT2D eigenvalue weighted by atomic mass is 9.61. The Kier molecular flexibility index (Phi) is 4.89. The molecule has 0 saturated carbocycles. The maximum Gasteiger partial charge on any atom is 0.341 e. The van der Waals surface area contributed by atoms with Gasteiger partial charge >= 0.3 is 5.97 Å². The van der Waals surface area contributed by atoms with Crippen LogP contribution in [0.4, 0.5) is 0 Å². The fourth-order valence-electron chi connectivity index (χ4n) is 4.53. The van der Waals surface area contributed by atoms with Crippen molar-refractivity contribution in [2.24, 2.45) is 0 Å². The number of hydrogen-bond acceptors (Lipinski definition) is 11. The van der Waals surface area contributed by atoms with Gasteiger partial charge in [-0.1, -0.05) is 0 Å². The zero-order valence-electron chi connectivity index (χ0n) is 18.3. The standard InChI is InChI=1S/C23H18O11/c1-8-14-9(6-11(32-2)15(8)21(29)34-4)5-10-16(17(14)25)20(28)22(30)13(24)7-12(33-3)19(27)23(22,31)18(10)26/h5-7,25,30-31H,1-4H3/t22-,23-/m1/s1. The fraction of sp³-hybridized carbons (Fsp3) is 0.261. The van der Waals surface area contributed by atoms with Crippen LogP contribution in [0.3, 0.4) is 0 Å². The maximum atomic E-state index is 13.4. The minimum atomic E-state index is -3.53. The van der Waals surface area contributed by atoms with Gasteiger partial charge in [-0.25, -0.2) is 4.79 Å². The highest BCUT2D eigenvalue weighted by molar-refractivity contribution is 6.42. The molecule has 34 heavy (non-hydrogen) atoms. The Balaban J connectivity index is 2.14. The molecule has 0 heterocycles. The molecule has 2 aliphatic rings. The van der Waals surface area contributed by atoms with E-state index in [0.717, 1.165) is 20.3 Å². The summed E-state index contributed by atoms with van der Waals surface area (Å²) in [5, 5.41) is 33.2. The number of methoxy groups -OCH3 is 3. The van der Waals surface area contributed by atoms with E-state index >= 15 is 0 Å². The monoisotopic (exact) mass is 470 g/mol. The van der Waals surface area contributed by atoms with E-state index in [1.807, 2.05) is 0 Å². The number of rotatable bonds is 3. The Hall–Kier alpha value is -4.09. The predicted molar refractivity (Wildman–Crippen MR) is 112 cm³/mol. The molecule has 2 aliphatic carbocycles. The Morgan fingerprint density at radius 2 is 1.56 bits per heavy atom. The first-order chi connectivity index (χ1) is 15.9. The molecule has 4 rings (SSSR count). The average Bonchev–Trinajstić information content (AvgIpc) is 2.81. The van der Waals surface area contributed by atoms with Crippen LogP contribution in [0.5, 0.6) is 11.5 Å². The number of carbonyl (C=O) groups is 5. The van der Waals surface area contributed by atoms with Gasteiger partial charge in [0.1, 0.15) is 17.1 Å². The molecule has 2 aromatic carbocycles. The minimum absolute atomic E-state index is 0.0227. The van der Waals surface area contributed by atoms with E-state index in [1.165, 1.54) is 20.1 Å². The summed E-state index contributed by atoms with van der Waals surface area (Å²) in [4.78, 5) is 64.6. The van der Waals surface area contributed by atoms with Gasteiger partial charge in [-0.15, -0.1) is 0 Å². The van der Waals surface area contributed by atoms with E-state index in [-0.39, 0.29) is 27.6 Å². The molecule has 0 saturated heterocycles. The number of Topliss-reactive ketones (excluding diaryl/α,β-unsaturated/α-hetero) is 3. The van der Waals surface area contributed by atoms with Gasteiger partial charge in [-0.3, -0.25) is 19.2 Å². The summed E-state index contributed by atoms with van der Waals surface area (Å²) >= 11 is 0. The van der Waals surface area contributed by atoms with Gasteiger partial charge < -0.3 is 29.5 Å². The third kappa shape index (κ3) is 2.45. The van der Waals surface area contributed by atoms with Crippen molar-refractivity contribution in [2.75, 3.05) is 21.3 Å². The first-order valence-corrected chi connectivity index (χ1v) is 9.76. The summed E-state index contributed by atoms with van der Waals surface area (Å²) in [6, 6.07) is 2.37. The molecule has 0 aliphatic heterocycles. The Labute approximate surface area is 191 Å². The maximum absolute atomic E-state index is 13.4. The summed E-state index contributed by atoms with van der Waals surface area (Å²) < 4.78 is 14.7. The summed E-state index contributed by atoms with van der Waals surface area (Å²) in [6.07, 6.45) is 0.497. The van der Waals surface area contributed by atoms with E-state index in [1.54, 1.807) is 0 Å². The lowest BCUT2D eigenvalue weighted by molar-refractivity contribution is -0.164. The molecule has 0 unspecified atom stereocenters. The highest BCUT2D eigenvalue weighted by atomic mass is 16.5. The molecule has 0 radical (unpaired) electrons. The largest absolute Gasteiger partial charge is 0.507 e. The van der Waals surface area contributed by atoms with Crippen molar-refractivity contribution in [3.8, 4) is 11.5 Å². The lowest BCUT2D eigenvalue weighted by Gasteiger charge is -2.43. The number of phenols is 1. The van der Waals surface area contributed by atoms with Crippen LogP contribution in [0.15, 0.2) is 24.0 Å². The van der Waals surface area contributed by atoms with E-state index < -0.39 is 62.9 Å². The second-order valence-electron chi connectivity index (χ2n) is 7.80. The van der Waals surface area contributed by atoms with Crippen LogP contribution in [-0.2, 0) is 19.1 Å². The number of aryl methyl sites for hydroxylation is 1. The molecule has 0 spiro atoms. The number of hydrogen-bond donors (Lipinski definition) is 3. The van der Waals surface area contributed by atoms with Gasteiger partial charge in [0.2, 0.25) is 34.3 Å². The molecule has 2 aromatic rings. The van der Waals surface area contributed by atoms with Gasteiger partial charge in [0.15, 0.2) is 5.76 Å². The predicted octanol–water partition coefficient (Wildman–Crippen LogP) is 0.172. The molecule has 0 amide bonds. The van der Waals surface area contributed by atoms with Gasteiger partial charge in [-0.2, -0.15) is 0 Å². The van der Waals surface area contributed by atoms with E-state index in [2.05, 4.69) is 0 Å². The second kappa shape index (κ2) is 7.20. The minimum Gasteiger partial charge on any atom is -0.507 e. The van der Waals surface area contributed by atoms with Crippen LogP contribution in [0.2, 0.25) is 0 Å². The summed E-state index contributed by atoms with van der Waals surface area (Å²) in [6.45, 7) is 1.42. The first-order valence-electron chi connectivity index (χ1n) is 9.76. The first kappa shape index (κ1) is 23.1. The van der Waals surface area contributed by atoms with Crippen molar-refractivity contribution in [1.29, 1.82) is 0 Å². The van der Waals surface area contributed by atoms with Gasteiger partial charge in [0.05, 0.1) is 26.9 Å². The van der Waals surface area contributed by atoms with Crippen molar-refractivity contribution in [2.45, 2.75) is 18.1 Å². The molecule has 0 aromatic heterocycles. The average molecular weight is 470 g/mol. The lowest BCUT2D eigenvalue weighted by Crippen LogP contribution is -2.75. The smallest absolute Gasteiger partial charge is 0.341 e. The highest BCUT2D eigenvalue weighted by Gasteiger charge is 2.73. The molecule has 11 heteroatoms. The van der Waals surface area contributed by atoms with Gasteiger partial charge in [0.25, 0.3) is 0 Å². The van der Waals surface area contributed by atoms with E-state index in [9.17, 15) is 39.3 Å². The van der Waals surface area contributed by atoms with Crippen LogP contribution in [0, 0.1) is 6.92 Å². The zero-order valence-corrected chi connectivity index (χ0v) is 18.3. The third-order valence-electron chi connectivity index (χ3n) is 6.27. The summed E-state index contributed by atoms with van der Waals surface area (Å²) in [5.41, 5.74) is -8.42. The third-order valence-corrected chi connectivity index (χ3v) is 6.27. The SMILES string of the molecule is COC(=O)c1c(OC)cc2cc3c(c(O)c2c1C)C(=O)[C@]1(O)C(=O)C=C(OC)C(=O)[C@]1(O)C3=O. The topological polar surface area (TPSA) is 174 Å². The molecule has 3 N–H and O–H groups in total. The number of esters is 1. The molecule has 0 bridgehead atoms. The van der Waals surface area contributed by atoms with Crippen LogP contribution >= 0.6 is 0 Å². The molecular formula is C23H18O11. The Morgan fingerprint density at radius 1 is 0.912 bits per heavy atom. The van der Waals surface area contributed by atoms with Crippen molar-refractivity contribution in [3.05, 3.63) is 46.2 Å². The second-order valence-corrected chi connectivity index (χ2v) is 7.80. The molecule has 0 fully saturated rings. The fourth-order valence-corrected chi connectivity index (χ4v) is 4.53. The normalized spacial score (nSPS) is 23.9. The number of ketones is 4. The number of aliphatic hydroxyl groups is 2. The van der Waals surface area contributed by atoms with Crippen LogP contribution < -0.4 is 4.74 Å². The number of carbonyl (C=O) groups excluding carboxylic acids is 5. The Morgan fingerprint density at radius 3 is 2.12 bits per heavy atom. The molecular weight excluding hydrogens is 452 g/mol. The quantitative estimate of drug-likeness (QED) is 0.412. The summed E-state index contributed by atoms with van der Waals surface area (Å²) in [5.74, 6) is -8.38. The molecule has 11 nitrogen and oxygen atoms in total. The van der Waals surface area contributed by atoms with E-state index in [0.29, 0.717) is 6.08 Å². The summed E-state index contributed by atoms with van der Waals surface area (Å²) in [7, 11) is 3.40. The number of phenolic OH excluding ortho intramolecular Hbond substituents is 1. The van der Waals surface area contributed by atoms with E-state index in [4.69, 9.17) is 14.2 Å². The Bertz CT molecular complexity index is 1400. The zero-order chi connectivity index (χ0) is 25.3. The van der Waals surface area contributed by atoms with Crippen LogP contribution in [-0.4, -0.2) is 77.0 Å². The molecule has 2 atom stereocenters. The highest BCUT2D eigenvalue weighted by Crippen LogP contribution is 2.48. The van der Waals surface area contributed by atoms with Gasteiger partial charge in [0, 0.05) is 17.0 Å². The van der Waals surface area contributed by atoms with Crippen molar-refractivity contribution in [3.63, 3.8) is 0 Å². The number of ether oxygens (including phenoxy) is 3. The van der Waals surface area contributed by atoms with Crippen LogP contribution in [0.25, 0.3) is 10.8 Å². The molecule has 176 valence electrons.